The number of morpholine rings is 1. The summed E-state index contributed by atoms with van der Waals surface area (Å²) >= 11 is 7.04. The number of methoxy groups -OCH3 is 1. The molecule has 2 fully saturated rings. The van der Waals surface area contributed by atoms with E-state index >= 15 is 0 Å². The van der Waals surface area contributed by atoms with Crippen LogP contribution in [0.3, 0.4) is 0 Å². The van der Waals surface area contributed by atoms with Gasteiger partial charge in [0.05, 0.1) is 42.3 Å². The number of anilines is 2. The fraction of sp³-hybridized carbons (Fsp3) is 0.353. The molecule has 2 amide bonds. The van der Waals surface area contributed by atoms with Crippen molar-refractivity contribution < 1.29 is 33.8 Å². The summed E-state index contributed by atoms with van der Waals surface area (Å²) in [6, 6.07) is 9.13. The molecule has 9 nitrogen and oxygen atoms in total. The quantitative estimate of drug-likeness (QED) is 0.253. The lowest BCUT2D eigenvalue weighted by Crippen LogP contribution is -2.40. The van der Waals surface area contributed by atoms with Crippen LogP contribution in [0.5, 0.6) is 11.5 Å². The second kappa shape index (κ2) is 11.4. The Kier molecular flexibility index (Phi) is 7.61. The average molecular weight is 738 g/mol. The Bertz CT molecular complexity index is 1770. The van der Waals surface area contributed by atoms with E-state index in [9.17, 15) is 24.3 Å². The van der Waals surface area contributed by atoms with Gasteiger partial charge in [-0.1, -0.05) is 11.6 Å². The minimum atomic E-state index is -0.691. The van der Waals surface area contributed by atoms with Crippen LogP contribution in [0.25, 0.3) is 0 Å². The molecule has 0 spiro atoms. The number of carbonyl (C=O) groups excluding carboxylic acids is 4. The van der Waals surface area contributed by atoms with Crippen molar-refractivity contribution in [3.05, 3.63) is 79.3 Å². The second-order valence-electron chi connectivity index (χ2n) is 12.0. The molecule has 232 valence electrons. The van der Waals surface area contributed by atoms with Crippen LogP contribution in [0.2, 0.25) is 0 Å². The van der Waals surface area contributed by atoms with Crippen LogP contribution in [0.15, 0.2) is 73.7 Å². The predicted octanol–water partition coefficient (Wildman–Crippen LogP) is 5.40. The molecule has 0 saturated carbocycles. The van der Waals surface area contributed by atoms with Gasteiger partial charge in [-0.25, -0.2) is 0 Å². The molecule has 11 heteroatoms. The number of rotatable bonds is 4. The van der Waals surface area contributed by atoms with Gasteiger partial charge < -0.3 is 19.5 Å². The van der Waals surface area contributed by atoms with Crippen LogP contribution in [-0.4, -0.2) is 61.9 Å². The molecule has 3 aliphatic carbocycles. The highest BCUT2D eigenvalue weighted by atomic mass is 79.9. The molecular weight excluding hydrogens is 708 g/mol. The minimum absolute atomic E-state index is 0.110. The Morgan fingerprint density at radius 2 is 1.64 bits per heavy atom. The summed E-state index contributed by atoms with van der Waals surface area (Å²) < 4.78 is 11.7. The Hall–Kier alpha value is -3.54. The normalized spacial score (nSPS) is 26.4. The summed E-state index contributed by atoms with van der Waals surface area (Å²) in [5.41, 5.74) is 4.02. The number of carbonyl (C=O) groups is 4. The number of ketones is 2. The van der Waals surface area contributed by atoms with Crippen LogP contribution in [-0.2, 0) is 23.9 Å². The highest BCUT2D eigenvalue weighted by Gasteiger charge is 2.57. The van der Waals surface area contributed by atoms with Gasteiger partial charge in [-0.2, -0.15) is 0 Å². The smallest absolute Gasteiger partial charge is 0.238 e. The third kappa shape index (κ3) is 4.65. The van der Waals surface area contributed by atoms with Crippen LogP contribution < -0.4 is 14.5 Å². The molecule has 2 heterocycles. The van der Waals surface area contributed by atoms with Crippen molar-refractivity contribution in [1.82, 2.24) is 0 Å². The Labute approximate surface area is 276 Å². The fourth-order valence-electron chi connectivity index (χ4n) is 7.60. The first-order chi connectivity index (χ1) is 21.6. The molecule has 0 unspecified atom stereocenters. The number of phenolic OH excluding ortho intramolecular Hbond substituents is 1. The zero-order chi connectivity index (χ0) is 31.7. The summed E-state index contributed by atoms with van der Waals surface area (Å²) in [4.78, 5) is 58.9. The van der Waals surface area contributed by atoms with Crippen LogP contribution >= 0.6 is 31.9 Å². The molecule has 7 rings (SSSR count). The Balaban J connectivity index is 1.30. The van der Waals surface area contributed by atoms with Gasteiger partial charge in [0.25, 0.3) is 0 Å². The number of nitrogens with zero attached hydrogens (tertiary/aromatic N) is 2. The molecule has 0 radical (unpaired) electrons. The van der Waals surface area contributed by atoms with Crippen LogP contribution in [0.4, 0.5) is 11.4 Å². The number of amides is 2. The van der Waals surface area contributed by atoms with Crippen molar-refractivity contribution in [3.8, 4) is 11.5 Å². The number of hydrogen-bond donors (Lipinski definition) is 1. The summed E-state index contributed by atoms with van der Waals surface area (Å²) in [6.07, 6.45) is 3.85. The number of benzene rings is 2. The molecule has 5 aliphatic rings. The number of ether oxygens (including phenoxy) is 2. The molecule has 4 atom stereocenters. The van der Waals surface area contributed by atoms with Gasteiger partial charge in [-0.3, -0.25) is 24.1 Å². The summed E-state index contributed by atoms with van der Waals surface area (Å²) in [7, 11) is 1.43. The highest BCUT2D eigenvalue weighted by Crippen LogP contribution is 2.57. The van der Waals surface area contributed by atoms with Crippen molar-refractivity contribution in [3.63, 3.8) is 0 Å². The number of allylic oxidation sites excluding steroid dienone is 6. The average Bonchev–Trinajstić information content (AvgIpc) is 3.31. The van der Waals surface area contributed by atoms with Gasteiger partial charge in [-0.15, -0.1) is 0 Å². The van der Waals surface area contributed by atoms with E-state index in [1.165, 1.54) is 18.1 Å². The molecular formula is C34H30Br2N2O7. The van der Waals surface area contributed by atoms with Crippen molar-refractivity contribution in [1.29, 1.82) is 0 Å². The van der Waals surface area contributed by atoms with E-state index in [4.69, 9.17) is 9.47 Å². The van der Waals surface area contributed by atoms with E-state index < -0.39 is 23.7 Å². The zero-order valence-corrected chi connectivity index (χ0v) is 27.8. The van der Waals surface area contributed by atoms with Gasteiger partial charge >= 0.3 is 0 Å². The van der Waals surface area contributed by atoms with E-state index in [1.54, 1.807) is 13.0 Å². The van der Waals surface area contributed by atoms with E-state index in [-0.39, 0.29) is 41.3 Å². The Morgan fingerprint density at radius 3 is 2.33 bits per heavy atom. The largest absolute Gasteiger partial charge is 0.503 e. The van der Waals surface area contributed by atoms with Gasteiger partial charge in [0.1, 0.15) is 0 Å². The molecule has 2 aromatic rings. The first kappa shape index (κ1) is 30.1. The van der Waals surface area contributed by atoms with Crippen LogP contribution in [0.1, 0.15) is 31.2 Å². The predicted molar refractivity (Wildman–Crippen MR) is 173 cm³/mol. The number of imide groups is 1. The lowest BCUT2D eigenvalue weighted by Gasteiger charge is -2.42. The SMILES string of the molecule is COc1cc([C@H]2C3=CC[C@@H]4C(=O)N(c5ccc(N6CCOCC6)cc5)C(=O)[C@@H]4[C@@H]3CC3=C2C(=O)C=C(C)C3=O)c(Br)c(Br)c1O. The number of phenols is 1. The number of aromatic hydroxyl groups is 1. The maximum atomic E-state index is 14.3. The molecule has 2 aliphatic heterocycles. The van der Waals surface area contributed by atoms with Gasteiger partial charge in [0.2, 0.25) is 11.8 Å². The topological polar surface area (TPSA) is 113 Å². The van der Waals surface area contributed by atoms with Crippen molar-refractivity contribution in [2.75, 3.05) is 43.2 Å². The van der Waals surface area contributed by atoms with Gasteiger partial charge in [-0.05, 0) is 99.5 Å². The first-order valence-electron chi connectivity index (χ1n) is 14.9. The Morgan fingerprint density at radius 1 is 0.956 bits per heavy atom. The fourth-order valence-corrected chi connectivity index (χ4v) is 8.56. The molecule has 2 aromatic carbocycles. The standard InChI is InChI=1S/C34H30Br2N2O7/c1-16-13-24(39)28-23(31(16)40)14-21-19(26(28)22-15-25(44-2)32(41)30(36)29(22)35)7-8-20-27(21)34(43)38(33(20)42)18-5-3-17(4-6-18)37-9-11-45-12-10-37/h3-7,13,15,20-21,26-27,41H,8-12,14H2,1-2H3/t20-,21+,26+,27-/m0/s1. The molecule has 0 aromatic heterocycles. The monoisotopic (exact) mass is 736 g/mol. The number of Topliss-reactive ketones (excluding diaryl/α,β-unsaturated/α-hetero) is 1. The molecule has 2 saturated heterocycles. The molecule has 1 N–H and O–H groups in total. The lowest BCUT2D eigenvalue weighted by molar-refractivity contribution is -0.123. The van der Waals surface area contributed by atoms with Gasteiger partial charge in [0, 0.05) is 45.9 Å². The summed E-state index contributed by atoms with van der Waals surface area (Å²) in [6.45, 7) is 4.47. The van der Waals surface area contributed by atoms with E-state index in [2.05, 4.69) is 36.8 Å². The van der Waals surface area contributed by atoms with Gasteiger partial charge in [0.15, 0.2) is 23.1 Å². The number of hydrogen-bond acceptors (Lipinski definition) is 8. The van der Waals surface area contributed by atoms with E-state index in [0.29, 0.717) is 56.6 Å². The van der Waals surface area contributed by atoms with Crippen molar-refractivity contribution in [2.45, 2.75) is 25.7 Å². The number of fused-ring (bicyclic) bond motifs is 3. The molecule has 45 heavy (non-hydrogen) atoms. The van der Waals surface area contributed by atoms with Crippen molar-refractivity contribution >= 4 is 66.6 Å². The molecule has 0 bridgehead atoms. The second-order valence-corrected chi connectivity index (χ2v) is 13.6. The maximum absolute atomic E-state index is 14.3. The van der Waals surface area contributed by atoms with Crippen molar-refractivity contribution in [2.24, 2.45) is 17.8 Å². The lowest BCUT2D eigenvalue weighted by atomic mass is 9.59. The number of halogens is 2. The zero-order valence-electron chi connectivity index (χ0n) is 24.6. The minimum Gasteiger partial charge on any atom is -0.503 e. The third-order valence-corrected chi connectivity index (χ3v) is 11.9. The van der Waals surface area contributed by atoms with E-state index in [0.717, 1.165) is 24.4 Å². The highest BCUT2D eigenvalue weighted by molar-refractivity contribution is 9.13. The first-order valence-corrected chi connectivity index (χ1v) is 16.5. The van der Waals surface area contributed by atoms with Crippen LogP contribution in [0, 0.1) is 17.8 Å². The van der Waals surface area contributed by atoms with E-state index in [1.807, 2.05) is 30.3 Å². The maximum Gasteiger partial charge on any atom is 0.238 e. The third-order valence-electron chi connectivity index (χ3n) is 9.75. The summed E-state index contributed by atoms with van der Waals surface area (Å²) in [5, 5.41) is 10.7. The summed E-state index contributed by atoms with van der Waals surface area (Å²) in [5.74, 6) is -3.41.